The van der Waals surface area contributed by atoms with E-state index in [1.807, 2.05) is 30.3 Å². The second-order valence-electron chi connectivity index (χ2n) is 13.2. The first-order valence-electron chi connectivity index (χ1n) is 17.1. The Morgan fingerprint density at radius 1 is 0.480 bits per heavy atom. The number of alkyl halides is 1. The molecule has 1 aliphatic heterocycles. The molecule has 2 aromatic heterocycles. The van der Waals surface area contributed by atoms with Crippen molar-refractivity contribution in [3.63, 3.8) is 0 Å². The van der Waals surface area contributed by atoms with Gasteiger partial charge in [0.2, 0.25) is 0 Å². The summed E-state index contributed by atoms with van der Waals surface area (Å²) in [6.45, 7) is 0.720. The molecule has 1 atom stereocenters. The SMILES string of the molecule is CN1CN(c2cccc(C(F)c3ccc4c5ccc6c(c7ccccc7n6-c6ccccc6)c5n(-c5ccccc5)c4c3)c2)c2ccccc21. The lowest BCUT2D eigenvalue weighted by atomic mass is 10.00. The van der Waals surface area contributed by atoms with Gasteiger partial charge in [-0.05, 0) is 77.9 Å². The summed E-state index contributed by atoms with van der Waals surface area (Å²) >= 11 is 0. The fraction of sp³-hybridized carbons (Fsp3) is 0.0667. The standard InChI is InChI=1S/C45H33FN4/c1-47-29-48(40-22-11-10-21-39(40)47)34-18-12-13-30(27-34)44(46)31-23-24-35-36-25-26-41-43(45(36)50(42(35)28-31)33-16-6-3-7-17-33)37-19-8-9-20-38(37)49(41)32-14-4-2-5-15-32/h2-28,44H,29H2,1H3. The molecule has 7 aromatic carbocycles. The molecule has 1 aliphatic rings. The molecule has 0 N–H and O–H groups in total. The van der Waals surface area contributed by atoms with Gasteiger partial charge in [-0.3, -0.25) is 0 Å². The Bertz CT molecular complexity index is 2730. The molecule has 9 aromatic rings. The van der Waals surface area contributed by atoms with Gasteiger partial charge in [-0.15, -0.1) is 0 Å². The molecule has 0 saturated heterocycles. The Morgan fingerprint density at radius 2 is 1.12 bits per heavy atom. The molecule has 0 amide bonds. The maximum Gasteiger partial charge on any atom is 0.150 e. The van der Waals surface area contributed by atoms with E-state index in [1.165, 1.54) is 16.5 Å². The van der Waals surface area contributed by atoms with E-state index < -0.39 is 6.17 Å². The number of benzene rings is 7. The van der Waals surface area contributed by atoms with Crippen LogP contribution in [0.25, 0.3) is 55.0 Å². The molecule has 1 unspecified atom stereocenters. The fourth-order valence-corrected chi connectivity index (χ4v) is 8.08. The number of para-hydroxylation sites is 5. The van der Waals surface area contributed by atoms with E-state index in [2.05, 4.69) is 159 Å². The normalized spacial score (nSPS) is 13.6. The second kappa shape index (κ2) is 11.1. The number of aromatic nitrogens is 2. The fourth-order valence-electron chi connectivity index (χ4n) is 8.08. The Morgan fingerprint density at radius 3 is 1.92 bits per heavy atom. The third kappa shape index (κ3) is 4.23. The number of anilines is 3. The van der Waals surface area contributed by atoms with Crippen LogP contribution in [-0.2, 0) is 0 Å². The van der Waals surface area contributed by atoms with Crippen LogP contribution in [0.4, 0.5) is 21.5 Å². The van der Waals surface area contributed by atoms with Gasteiger partial charge in [-0.1, -0.05) is 97.1 Å². The molecule has 0 spiro atoms. The zero-order valence-electron chi connectivity index (χ0n) is 27.5. The third-order valence-electron chi connectivity index (χ3n) is 10.3. The summed E-state index contributed by atoms with van der Waals surface area (Å²) in [7, 11) is 2.09. The topological polar surface area (TPSA) is 16.3 Å². The van der Waals surface area contributed by atoms with Gasteiger partial charge in [0.15, 0.2) is 6.17 Å². The second-order valence-corrected chi connectivity index (χ2v) is 13.2. The molecule has 0 bridgehead atoms. The van der Waals surface area contributed by atoms with Gasteiger partial charge < -0.3 is 18.9 Å². The van der Waals surface area contributed by atoms with E-state index in [0.717, 1.165) is 62.3 Å². The Balaban J connectivity index is 1.18. The zero-order chi connectivity index (χ0) is 33.3. The van der Waals surface area contributed by atoms with Crippen molar-refractivity contribution < 1.29 is 4.39 Å². The van der Waals surface area contributed by atoms with Crippen LogP contribution in [-0.4, -0.2) is 22.9 Å². The number of hydrogen-bond donors (Lipinski definition) is 0. The summed E-state index contributed by atoms with van der Waals surface area (Å²) in [5, 5.41) is 4.62. The minimum absolute atomic E-state index is 0.636. The average molecular weight is 649 g/mol. The number of nitrogens with zero attached hydrogens (tertiary/aromatic N) is 4. The van der Waals surface area contributed by atoms with Crippen LogP contribution in [0.1, 0.15) is 17.3 Å². The molecule has 240 valence electrons. The smallest absolute Gasteiger partial charge is 0.150 e. The molecular weight excluding hydrogens is 616 g/mol. The highest BCUT2D eigenvalue weighted by Crippen LogP contribution is 2.44. The molecule has 10 rings (SSSR count). The van der Waals surface area contributed by atoms with Gasteiger partial charge in [0.1, 0.15) is 0 Å². The highest BCUT2D eigenvalue weighted by Gasteiger charge is 2.26. The molecule has 3 heterocycles. The van der Waals surface area contributed by atoms with E-state index >= 15 is 4.39 Å². The minimum atomic E-state index is -1.29. The van der Waals surface area contributed by atoms with E-state index in [-0.39, 0.29) is 0 Å². The summed E-state index contributed by atoms with van der Waals surface area (Å²) in [5.74, 6) is 0. The quantitative estimate of drug-likeness (QED) is 0.185. The first kappa shape index (κ1) is 28.7. The van der Waals surface area contributed by atoms with Gasteiger partial charge in [-0.2, -0.15) is 0 Å². The van der Waals surface area contributed by atoms with Crippen molar-refractivity contribution in [3.05, 3.63) is 175 Å². The first-order valence-corrected chi connectivity index (χ1v) is 17.1. The Hall–Kier alpha value is -6.33. The van der Waals surface area contributed by atoms with Crippen molar-refractivity contribution in [2.45, 2.75) is 6.17 Å². The van der Waals surface area contributed by atoms with Crippen LogP contribution < -0.4 is 9.80 Å². The lowest BCUT2D eigenvalue weighted by Gasteiger charge is -2.21. The number of hydrogen-bond acceptors (Lipinski definition) is 2. The van der Waals surface area contributed by atoms with E-state index in [4.69, 9.17) is 0 Å². The van der Waals surface area contributed by atoms with Crippen LogP contribution in [0, 0.1) is 0 Å². The van der Waals surface area contributed by atoms with Crippen molar-refractivity contribution in [2.24, 2.45) is 0 Å². The van der Waals surface area contributed by atoms with Crippen LogP contribution >= 0.6 is 0 Å². The van der Waals surface area contributed by atoms with Gasteiger partial charge in [0.25, 0.3) is 0 Å². The third-order valence-corrected chi connectivity index (χ3v) is 10.3. The van der Waals surface area contributed by atoms with E-state index in [0.29, 0.717) is 11.1 Å². The molecular formula is C45H33FN4. The van der Waals surface area contributed by atoms with Crippen LogP contribution in [0.2, 0.25) is 0 Å². The average Bonchev–Trinajstić information content (AvgIpc) is 3.82. The maximum atomic E-state index is 16.8. The summed E-state index contributed by atoms with van der Waals surface area (Å²) in [4.78, 5) is 4.47. The van der Waals surface area contributed by atoms with Crippen molar-refractivity contribution >= 4 is 60.7 Å². The molecule has 0 aliphatic carbocycles. The lowest BCUT2D eigenvalue weighted by Crippen LogP contribution is -2.24. The number of halogens is 1. The summed E-state index contributed by atoms with van der Waals surface area (Å²) < 4.78 is 21.5. The maximum absolute atomic E-state index is 16.8. The molecule has 50 heavy (non-hydrogen) atoms. The largest absolute Gasteiger partial charge is 0.355 e. The van der Waals surface area contributed by atoms with Crippen molar-refractivity contribution in [3.8, 4) is 11.4 Å². The summed E-state index contributed by atoms with van der Waals surface area (Å²) in [6.07, 6.45) is -1.29. The van der Waals surface area contributed by atoms with Gasteiger partial charge in [-0.25, -0.2) is 4.39 Å². The number of fused-ring (bicyclic) bond motifs is 8. The lowest BCUT2D eigenvalue weighted by molar-refractivity contribution is 0.402. The van der Waals surface area contributed by atoms with E-state index in [9.17, 15) is 0 Å². The minimum Gasteiger partial charge on any atom is -0.355 e. The molecule has 0 fully saturated rings. The van der Waals surface area contributed by atoms with Crippen molar-refractivity contribution in [1.82, 2.24) is 9.13 Å². The van der Waals surface area contributed by atoms with E-state index in [1.54, 1.807) is 0 Å². The van der Waals surface area contributed by atoms with Gasteiger partial charge in [0, 0.05) is 45.7 Å². The van der Waals surface area contributed by atoms with Gasteiger partial charge >= 0.3 is 0 Å². The van der Waals surface area contributed by atoms with Crippen molar-refractivity contribution in [1.29, 1.82) is 0 Å². The van der Waals surface area contributed by atoms with Crippen LogP contribution in [0.3, 0.4) is 0 Å². The molecule has 0 saturated carbocycles. The monoisotopic (exact) mass is 648 g/mol. The van der Waals surface area contributed by atoms with Gasteiger partial charge in [0.05, 0.1) is 40.1 Å². The summed E-state index contributed by atoms with van der Waals surface area (Å²) in [6, 6.07) is 56.6. The Labute approximate surface area is 289 Å². The molecule has 4 nitrogen and oxygen atoms in total. The molecule has 0 radical (unpaired) electrons. The van der Waals surface area contributed by atoms with Crippen molar-refractivity contribution in [2.75, 3.05) is 23.5 Å². The predicted molar refractivity (Wildman–Crippen MR) is 206 cm³/mol. The highest BCUT2D eigenvalue weighted by molar-refractivity contribution is 6.26. The Kier molecular flexibility index (Phi) is 6.37. The summed E-state index contributed by atoms with van der Waals surface area (Å²) in [5.41, 5.74) is 11.1. The van der Waals surface area contributed by atoms with Crippen LogP contribution in [0.15, 0.2) is 164 Å². The molecule has 5 heteroatoms. The first-order chi connectivity index (χ1) is 24.7. The zero-order valence-corrected chi connectivity index (χ0v) is 27.5. The predicted octanol–water partition coefficient (Wildman–Crippen LogP) is 11.5. The number of rotatable bonds is 5. The highest BCUT2D eigenvalue weighted by atomic mass is 19.1. The van der Waals surface area contributed by atoms with Crippen LogP contribution in [0.5, 0.6) is 0 Å².